The van der Waals surface area contributed by atoms with Crippen LogP contribution in [-0.2, 0) is 0 Å². The van der Waals surface area contributed by atoms with E-state index in [1.165, 1.54) is 17.0 Å². The van der Waals surface area contributed by atoms with Gasteiger partial charge in [-0.25, -0.2) is 4.39 Å². The number of carbonyl (C=O) groups is 1. The van der Waals surface area contributed by atoms with Gasteiger partial charge in [-0.3, -0.25) is 9.89 Å². The molecule has 0 radical (unpaired) electrons. The van der Waals surface area contributed by atoms with Gasteiger partial charge in [-0.05, 0) is 38.1 Å². The summed E-state index contributed by atoms with van der Waals surface area (Å²) in [6.07, 6.45) is 0. The summed E-state index contributed by atoms with van der Waals surface area (Å²) < 4.78 is 12.9. The Balaban J connectivity index is 2.34. The molecule has 100 valence electrons. The van der Waals surface area contributed by atoms with Crippen molar-refractivity contribution in [2.75, 3.05) is 17.2 Å². The summed E-state index contributed by atoms with van der Waals surface area (Å²) in [5, 5.41) is 6.59. The number of H-pyrrole nitrogens is 1. The highest BCUT2D eigenvalue weighted by molar-refractivity contribution is 6.08. The SMILES string of the molecule is CCN(C(=O)c1n[nH]c(C)c1N)c1ccc(F)cc1. The van der Waals surface area contributed by atoms with Gasteiger partial charge in [0.05, 0.1) is 11.4 Å². The number of nitrogens with one attached hydrogen (secondary N) is 1. The molecule has 0 aliphatic rings. The van der Waals surface area contributed by atoms with Crippen molar-refractivity contribution in [1.29, 1.82) is 0 Å². The van der Waals surface area contributed by atoms with Gasteiger partial charge in [0.1, 0.15) is 5.82 Å². The average Bonchev–Trinajstić information content (AvgIpc) is 2.73. The van der Waals surface area contributed by atoms with E-state index in [1.807, 2.05) is 6.92 Å². The van der Waals surface area contributed by atoms with Gasteiger partial charge in [-0.2, -0.15) is 5.10 Å². The standard InChI is InChI=1S/C13H15FN4O/c1-3-18(10-6-4-9(14)5-7-10)13(19)12-11(15)8(2)16-17-12/h4-7H,3,15H2,1-2H3,(H,16,17). The van der Waals surface area contributed by atoms with E-state index in [1.54, 1.807) is 19.1 Å². The summed E-state index contributed by atoms with van der Waals surface area (Å²) in [5.41, 5.74) is 7.58. The van der Waals surface area contributed by atoms with Crippen LogP contribution in [-0.4, -0.2) is 22.6 Å². The van der Waals surface area contributed by atoms with E-state index < -0.39 is 0 Å². The van der Waals surface area contributed by atoms with E-state index in [9.17, 15) is 9.18 Å². The Hall–Kier alpha value is -2.37. The summed E-state index contributed by atoms with van der Waals surface area (Å²) in [6, 6.07) is 5.72. The Morgan fingerprint density at radius 3 is 2.53 bits per heavy atom. The number of halogens is 1. The number of hydrogen-bond donors (Lipinski definition) is 2. The van der Waals surface area contributed by atoms with Gasteiger partial charge in [-0.1, -0.05) is 0 Å². The van der Waals surface area contributed by atoms with E-state index in [2.05, 4.69) is 10.2 Å². The number of amides is 1. The van der Waals surface area contributed by atoms with Gasteiger partial charge in [0.25, 0.3) is 5.91 Å². The Morgan fingerprint density at radius 1 is 1.42 bits per heavy atom. The molecule has 2 aromatic rings. The minimum Gasteiger partial charge on any atom is -0.395 e. The van der Waals surface area contributed by atoms with Crippen molar-refractivity contribution in [3.05, 3.63) is 41.5 Å². The maximum Gasteiger partial charge on any atom is 0.280 e. The number of carbonyl (C=O) groups excluding carboxylic acids is 1. The van der Waals surface area contributed by atoms with Gasteiger partial charge in [0.15, 0.2) is 5.69 Å². The zero-order valence-electron chi connectivity index (χ0n) is 10.8. The van der Waals surface area contributed by atoms with Crippen LogP contribution in [0.2, 0.25) is 0 Å². The summed E-state index contributed by atoms with van der Waals surface area (Å²) in [7, 11) is 0. The monoisotopic (exact) mass is 262 g/mol. The van der Waals surface area contributed by atoms with Crippen LogP contribution in [0.15, 0.2) is 24.3 Å². The fourth-order valence-corrected chi connectivity index (χ4v) is 1.79. The van der Waals surface area contributed by atoms with Crippen molar-refractivity contribution in [2.24, 2.45) is 0 Å². The first kappa shape index (κ1) is 13.1. The molecule has 0 saturated carbocycles. The number of aromatic amines is 1. The van der Waals surface area contributed by atoms with E-state index in [0.29, 0.717) is 23.6 Å². The predicted octanol–water partition coefficient (Wildman–Crippen LogP) is 2.11. The van der Waals surface area contributed by atoms with Crippen LogP contribution < -0.4 is 10.6 Å². The second kappa shape index (κ2) is 5.09. The topological polar surface area (TPSA) is 75.0 Å². The van der Waals surface area contributed by atoms with Crippen LogP contribution >= 0.6 is 0 Å². The lowest BCUT2D eigenvalue weighted by Crippen LogP contribution is -2.31. The summed E-state index contributed by atoms with van der Waals surface area (Å²) in [6.45, 7) is 4.01. The van der Waals surface area contributed by atoms with Crippen LogP contribution in [0.1, 0.15) is 23.1 Å². The van der Waals surface area contributed by atoms with Crippen LogP contribution in [0.25, 0.3) is 0 Å². The molecule has 19 heavy (non-hydrogen) atoms. The molecule has 6 heteroatoms. The molecule has 0 aliphatic carbocycles. The number of aryl methyl sites for hydroxylation is 1. The van der Waals surface area contributed by atoms with Gasteiger partial charge < -0.3 is 10.6 Å². The maximum atomic E-state index is 12.9. The number of benzene rings is 1. The number of hydrogen-bond acceptors (Lipinski definition) is 3. The lowest BCUT2D eigenvalue weighted by molar-refractivity contribution is 0.0984. The van der Waals surface area contributed by atoms with Crippen molar-refractivity contribution in [3.63, 3.8) is 0 Å². The normalized spacial score (nSPS) is 10.5. The van der Waals surface area contributed by atoms with Gasteiger partial charge in [-0.15, -0.1) is 0 Å². The summed E-state index contributed by atoms with van der Waals surface area (Å²) >= 11 is 0. The first-order valence-corrected chi connectivity index (χ1v) is 5.92. The molecule has 1 amide bonds. The largest absolute Gasteiger partial charge is 0.395 e. The number of anilines is 2. The molecular weight excluding hydrogens is 247 g/mol. The lowest BCUT2D eigenvalue weighted by atomic mass is 10.2. The van der Waals surface area contributed by atoms with Gasteiger partial charge in [0, 0.05) is 12.2 Å². The van der Waals surface area contributed by atoms with E-state index >= 15 is 0 Å². The fraction of sp³-hybridized carbons (Fsp3) is 0.231. The smallest absolute Gasteiger partial charge is 0.280 e. The number of aromatic nitrogens is 2. The minimum absolute atomic E-state index is 0.184. The van der Waals surface area contributed by atoms with Crippen molar-refractivity contribution >= 4 is 17.3 Å². The highest BCUT2D eigenvalue weighted by Gasteiger charge is 2.22. The van der Waals surface area contributed by atoms with Crippen LogP contribution in [0.5, 0.6) is 0 Å². The van der Waals surface area contributed by atoms with Gasteiger partial charge in [0.2, 0.25) is 0 Å². The molecule has 0 fully saturated rings. The van der Waals surface area contributed by atoms with E-state index in [0.717, 1.165) is 0 Å². The Kier molecular flexibility index (Phi) is 3.50. The van der Waals surface area contributed by atoms with Crippen LogP contribution in [0.3, 0.4) is 0 Å². The maximum absolute atomic E-state index is 12.9. The minimum atomic E-state index is -0.345. The second-order valence-corrected chi connectivity index (χ2v) is 4.14. The van der Waals surface area contributed by atoms with Crippen molar-refractivity contribution in [3.8, 4) is 0 Å². The second-order valence-electron chi connectivity index (χ2n) is 4.14. The molecule has 0 aliphatic heterocycles. The third-order valence-corrected chi connectivity index (χ3v) is 2.90. The average molecular weight is 262 g/mol. The third-order valence-electron chi connectivity index (χ3n) is 2.90. The molecule has 0 atom stereocenters. The summed E-state index contributed by atoms with van der Waals surface area (Å²) in [4.78, 5) is 13.9. The highest BCUT2D eigenvalue weighted by Crippen LogP contribution is 2.20. The quantitative estimate of drug-likeness (QED) is 0.889. The molecule has 5 nitrogen and oxygen atoms in total. The van der Waals surface area contributed by atoms with E-state index in [-0.39, 0.29) is 17.4 Å². The number of nitrogen functional groups attached to an aromatic ring is 1. The zero-order chi connectivity index (χ0) is 14.0. The Labute approximate surface area is 110 Å². The molecule has 1 heterocycles. The molecule has 0 saturated heterocycles. The lowest BCUT2D eigenvalue weighted by Gasteiger charge is -2.20. The molecule has 3 N–H and O–H groups in total. The summed E-state index contributed by atoms with van der Waals surface area (Å²) in [5.74, 6) is -0.654. The zero-order valence-corrected chi connectivity index (χ0v) is 10.8. The predicted molar refractivity (Wildman–Crippen MR) is 71.5 cm³/mol. The molecule has 2 rings (SSSR count). The van der Waals surface area contributed by atoms with E-state index in [4.69, 9.17) is 5.73 Å². The fourth-order valence-electron chi connectivity index (χ4n) is 1.79. The first-order valence-electron chi connectivity index (χ1n) is 5.92. The van der Waals surface area contributed by atoms with Crippen molar-refractivity contribution < 1.29 is 9.18 Å². The van der Waals surface area contributed by atoms with Gasteiger partial charge >= 0.3 is 0 Å². The molecule has 0 bridgehead atoms. The van der Waals surface area contributed by atoms with Crippen molar-refractivity contribution in [2.45, 2.75) is 13.8 Å². The van der Waals surface area contributed by atoms with Crippen LogP contribution in [0.4, 0.5) is 15.8 Å². The number of nitrogens with zero attached hydrogens (tertiary/aromatic N) is 2. The highest BCUT2D eigenvalue weighted by atomic mass is 19.1. The number of nitrogens with two attached hydrogens (primary N) is 1. The molecular formula is C13H15FN4O. The molecule has 1 aromatic heterocycles. The Morgan fingerprint density at radius 2 is 2.05 bits per heavy atom. The molecule has 1 aromatic carbocycles. The molecule has 0 unspecified atom stereocenters. The first-order chi connectivity index (χ1) is 9.04. The third kappa shape index (κ3) is 2.42. The van der Waals surface area contributed by atoms with Crippen molar-refractivity contribution in [1.82, 2.24) is 10.2 Å². The number of rotatable bonds is 3. The Bertz CT molecular complexity index is 591. The van der Waals surface area contributed by atoms with Crippen LogP contribution in [0, 0.1) is 12.7 Å². The molecule has 0 spiro atoms.